The molecule has 1 saturated heterocycles. The van der Waals surface area contributed by atoms with Gasteiger partial charge in [0.1, 0.15) is 5.78 Å². The minimum absolute atomic E-state index is 0.117. The first-order chi connectivity index (χ1) is 8.49. The zero-order valence-electron chi connectivity index (χ0n) is 10.7. The highest BCUT2D eigenvalue weighted by Gasteiger charge is 2.38. The lowest BCUT2D eigenvalue weighted by atomic mass is 10.0. The van der Waals surface area contributed by atoms with E-state index < -0.39 is 0 Å². The van der Waals surface area contributed by atoms with Crippen LogP contribution in [0.2, 0.25) is 4.34 Å². The summed E-state index contributed by atoms with van der Waals surface area (Å²) < 4.78 is 0.795. The van der Waals surface area contributed by atoms with Gasteiger partial charge in [-0.25, -0.2) is 0 Å². The Morgan fingerprint density at radius 2 is 2.33 bits per heavy atom. The summed E-state index contributed by atoms with van der Waals surface area (Å²) in [6.45, 7) is 5.54. The molecule has 1 aliphatic rings. The molecule has 0 unspecified atom stereocenters. The minimum atomic E-state index is 0.117. The molecule has 1 aromatic rings. The number of carbonyl (C=O) groups excluding carboxylic acids is 1. The van der Waals surface area contributed by atoms with Crippen molar-refractivity contribution in [2.24, 2.45) is 11.7 Å². The number of hydrogen-bond acceptors (Lipinski definition) is 4. The van der Waals surface area contributed by atoms with Gasteiger partial charge in [-0.2, -0.15) is 0 Å². The van der Waals surface area contributed by atoms with Gasteiger partial charge in [-0.15, -0.1) is 11.3 Å². The van der Waals surface area contributed by atoms with E-state index in [1.54, 1.807) is 18.3 Å². The standard InChI is InChI=1S/C13H19ClN2OS/c1-8-7-16(6-5-9(2)17)13(12(8)15)10-3-4-11(14)18-10/h3-4,8,12-13H,5-7,15H2,1-2H3/t8-,12-,13+/m0/s1. The Labute approximate surface area is 117 Å². The minimum Gasteiger partial charge on any atom is -0.326 e. The summed E-state index contributed by atoms with van der Waals surface area (Å²) in [6, 6.07) is 4.29. The van der Waals surface area contributed by atoms with Crippen LogP contribution in [0.5, 0.6) is 0 Å². The van der Waals surface area contributed by atoms with Crippen molar-refractivity contribution in [1.29, 1.82) is 0 Å². The van der Waals surface area contributed by atoms with E-state index in [-0.39, 0.29) is 17.9 Å². The van der Waals surface area contributed by atoms with Crippen LogP contribution >= 0.6 is 22.9 Å². The fourth-order valence-electron chi connectivity index (χ4n) is 2.55. The van der Waals surface area contributed by atoms with Gasteiger partial charge in [-0.05, 0) is 25.0 Å². The number of likely N-dealkylation sites (tertiary alicyclic amines) is 1. The Balaban J connectivity index is 2.15. The van der Waals surface area contributed by atoms with Gasteiger partial charge in [0.15, 0.2) is 0 Å². The molecule has 0 amide bonds. The Hall–Kier alpha value is -0.420. The Morgan fingerprint density at radius 1 is 1.61 bits per heavy atom. The number of carbonyl (C=O) groups is 1. The van der Waals surface area contributed by atoms with Crippen LogP contribution in [0.25, 0.3) is 0 Å². The molecule has 5 heteroatoms. The lowest BCUT2D eigenvalue weighted by molar-refractivity contribution is -0.117. The van der Waals surface area contributed by atoms with Crippen molar-refractivity contribution >= 4 is 28.7 Å². The van der Waals surface area contributed by atoms with Gasteiger partial charge in [-0.3, -0.25) is 9.69 Å². The van der Waals surface area contributed by atoms with E-state index in [0.29, 0.717) is 12.3 Å². The van der Waals surface area contributed by atoms with Crippen molar-refractivity contribution in [3.05, 3.63) is 21.3 Å². The Kier molecular flexibility index (Phi) is 4.43. The number of nitrogens with zero attached hydrogens (tertiary/aromatic N) is 1. The molecule has 100 valence electrons. The van der Waals surface area contributed by atoms with E-state index in [0.717, 1.165) is 17.4 Å². The second-order valence-electron chi connectivity index (χ2n) is 5.09. The van der Waals surface area contributed by atoms with E-state index >= 15 is 0 Å². The average Bonchev–Trinajstić information content (AvgIpc) is 2.82. The molecule has 0 radical (unpaired) electrons. The summed E-state index contributed by atoms with van der Waals surface area (Å²) >= 11 is 7.59. The number of hydrogen-bond donors (Lipinski definition) is 1. The fourth-order valence-corrected chi connectivity index (χ4v) is 3.80. The zero-order chi connectivity index (χ0) is 13.3. The molecule has 0 aromatic carbocycles. The molecule has 2 heterocycles. The first-order valence-electron chi connectivity index (χ1n) is 6.23. The topological polar surface area (TPSA) is 46.3 Å². The molecule has 3 nitrogen and oxygen atoms in total. The zero-order valence-corrected chi connectivity index (χ0v) is 12.3. The lowest BCUT2D eigenvalue weighted by Crippen LogP contribution is -2.33. The van der Waals surface area contributed by atoms with Crippen molar-refractivity contribution in [2.45, 2.75) is 32.4 Å². The van der Waals surface area contributed by atoms with Crippen LogP contribution in [0.4, 0.5) is 0 Å². The SMILES string of the molecule is CC(=O)CCN1C[C@H](C)[C@H](N)[C@H]1c1ccc(Cl)s1. The summed E-state index contributed by atoms with van der Waals surface area (Å²) in [7, 11) is 0. The largest absolute Gasteiger partial charge is 0.326 e. The predicted molar refractivity (Wildman–Crippen MR) is 76.1 cm³/mol. The monoisotopic (exact) mass is 286 g/mol. The molecular weight excluding hydrogens is 268 g/mol. The number of Topliss-reactive ketones (excluding diaryl/α,β-unsaturated/α-hetero) is 1. The van der Waals surface area contributed by atoms with Gasteiger partial charge in [0.2, 0.25) is 0 Å². The first-order valence-corrected chi connectivity index (χ1v) is 7.42. The van der Waals surface area contributed by atoms with Crippen LogP contribution in [0, 0.1) is 5.92 Å². The molecule has 0 bridgehead atoms. The van der Waals surface area contributed by atoms with Crippen LogP contribution in [0.1, 0.15) is 31.2 Å². The molecular formula is C13H19ClN2OS. The maximum absolute atomic E-state index is 11.1. The highest BCUT2D eigenvalue weighted by molar-refractivity contribution is 7.16. The van der Waals surface area contributed by atoms with Crippen molar-refractivity contribution in [3.8, 4) is 0 Å². The number of rotatable bonds is 4. The maximum atomic E-state index is 11.1. The number of ketones is 1. The maximum Gasteiger partial charge on any atom is 0.131 e. The molecule has 2 N–H and O–H groups in total. The first kappa shape index (κ1) is 14.0. The quantitative estimate of drug-likeness (QED) is 0.926. The van der Waals surface area contributed by atoms with Crippen molar-refractivity contribution in [1.82, 2.24) is 4.90 Å². The number of thiophene rings is 1. The van der Waals surface area contributed by atoms with Gasteiger partial charge in [0.05, 0.1) is 10.4 Å². The Bertz CT molecular complexity index is 434. The number of nitrogens with two attached hydrogens (primary N) is 1. The van der Waals surface area contributed by atoms with E-state index in [4.69, 9.17) is 17.3 Å². The highest BCUT2D eigenvalue weighted by Crippen LogP contribution is 2.38. The molecule has 1 aliphatic heterocycles. The predicted octanol–water partition coefficient (Wildman–Crippen LogP) is 2.70. The molecule has 0 spiro atoms. The molecule has 0 saturated carbocycles. The van der Waals surface area contributed by atoms with Gasteiger partial charge in [-0.1, -0.05) is 18.5 Å². The smallest absolute Gasteiger partial charge is 0.131 e. The molecule has 3 atom stereocenters. The molecule has 1 fully saturated rings. The average molecular weight is 287 g/mol. The van der Waals surface area contributed by atoms with E-state index in [2.05, 4.69) is 17.9 Å². The third kappa shape index (κ3) is 2.94. The summed E-state index contributed by atoms with van der Waals surface area (Å²) in [4.78, 5) is 14.7. The van der Waals surface area contributed by atoms with Crippen molar-refractivity contribution in [2.75, 3.05) is 13.1 Å². The van der Waals surface area contributed by atoms with Crippen LogP contribution in [0.15, 0.2) is 12.1 Å². The van der Waals surface area contributed by atoms with Crippen LogP contribution < -0.4 is 5.73 Å². The molecule has 18 heavy (non-hydrogen) atoms. The second kappa shape index (κ2) is 5.70. The third-order valence-electron chi connectivity index (χ3n) is 3.57. The van der Waals surface area contributed by atoms with Crippen LogP contribution in [-0.2, 0) is 4.79 Å². The fraction of sp³-hybridized carbons (Fsp3) is 0.615. The Morgan fingerprint density at radius 3 is 2.89 bits per heavy atom. The number of halogens is 1. The van der Waals surface area contributed by atoms with Crippen LogP contribution in [-0.4, -0.2) is 29.8 Å². The van der Waals surface area contributed by atoms with Crippen molar-refractivity contribution < 1.29 is 4.79 Å². The summed E-state index contributed by atoms with van der Waals surface area (Å²) in [5.41, 5.74) is 6.30. The molecule has 1 aromatic heterocycles. The highest BCUT2D eigenvalue weighted by atomic mass is 35.5. The summed E-state index contributed by atoms with van der Waals surface area (Å²) in [5, 5.41) is 0. The van der Waals surface area contributed by atoms with Crippen molar-refractivity contribution in [3.63, 3.8) is 0 Å². The van der Waals surface area contributed by atoms with E-state index in [1.807, 2.05) is 6.07 Å². The normalized spacial score (nSPS) is 28.8. The van der Waals surface area contributed by atoms with Crippen LogP contribution in [0.3, 0.4) is 0 Å². The van der Waals surface area contributed by atoms with Gasteiger partial charge in [0.25, 0.3) is 0 Å². The van der Waals surface area contributed by atoms with Gasteiger partial charge in [0, 0.05) is 30.4 Å². The van der Waals surface area contributed by atoms with Gasteiger partial charge >= 0.3 is 0 Å². The third-order valence-corrected chi connectivity index (χ3v) is 4.88. The summed E-state index contributed by atoms with van der Waals surface area (Å²) in [5.74, 6) is 0.675. The lowest BCUT2D eigenvalue weighted by Gasteiger charge is -2.25. The molecule has 0 aliphatic carbocycles. The summed E-state index contributed by atoms with van der Waals surface area (Å²) in [6.07, 6.45) is 0.592. The molecule has 2 rings (SSSR count). The second-order valence-corrected chi connectivity index (χ2v) is 6.83. The van der Waals surface area contributed by atoms with E-state index in [9.17, 15) is 4.79 Å². The van der Waals surface area contributed by atoms with Gasteiger partial charge < -0.3 is 5.73 Å². The van der Waals surface area contributed by atoms with E-state index in [1.165, 1.54) is 4.88 Å².